The van der Waals surface area contributed by atoms with Gasteiger partial charge >= 0.3 is 5.97 Å². The Bertz CT molecular complexity index is 519. The Morgan fingerprint density at radius 3 is 2.37 bits per heavy atom. The van der Waals surface area contributed by atoms with Crippen LogP contribution in [-0.4, -0.2) is 18.2 Å². The molecule has 0 aliphatic carbocycles. The van der Waals surface area contributed by atoms with E-state index in [2.05, 4.69) is 0 Å². The first-order valence-electron chi connectivity index (χ1n) is 5.93. The summed E-state index contributed by atoms with van der Waals surface area (Å²) in [6.07, 6.45) is 6.73. The highest BCUT2D eigenvalue weighted by Crippen LogP contribution is 2.18. The van der Waals surface area contributed by atoms with E-state index in [0.29, 0.717) is 5.57 Å². The number of hydrogen-bond donors (Lipinski definition) is 1. The Hall–Kier alpha value is -2.29. The molecule has 1 aromatic carbocycles. The Balaban J connectivity index is 2.76. The second-order valence-corrected chi connectivity index (χ2v) is 4.16. The fourth-order valence-electron chi connectivity index (χ4n) is 1.54. The van der Waals surface area contributed by atoms with Crippen LogP contribution in [0.15, 0.2) is 54.1 Å². The van der Waals surface area contributed by atoms with Crippen molar-refractivity contribution in [1.29, 1.82) is 0 Å². The third-order valence-electron chi connectivity index (χ3n) is 2.60. The lowest BCUT2D eigenvalue weighted by Gasteiger charge is -2.02. The van der Waals surface area contributed by atoms with Crippen LogP contribution < -0.4 is 4.74 Å². The van der Waals surface area contributed by atoms with Crippen molar-refractivity contribution in [2.45, 2.75) is 13.8 Å². The highest BCUT2D eigenvalue weighted by atomic mass is 16.5. The molecule has 0 aliphatic rings. The van der Waals surface area contributed by atoms with Crippen LogP contribution >= 0.6 is 0 Å². The zero-order valence-corrected chi connectivity index (χ0v) is 11.4. The minimum Gasteiger partial charge on any atom is -0.497 e. The number of ether oxygens (including phenoxy) is 1. The highest BCUT2D eigenvalue weighted by Gasteiger charge is 1.95. The molecule has 1 N–H and O–H groups in total. The van der Waals surface area contributed by atoms with Gasteiger partial charge in [-0.3, -0.25) is 0 Å². The molecule has 1 rings (SSSR count). The summed E-state index contributed by atoms with van der Waals surface area (Å²) in [7, 11) is 1.64. The summed E-state index contributed by atoms with van der Waals surface area (Å²) >= 11 is 0. The second-order valence-electron chi connectivity index (χ2n) is 4.16. The van der Waals surface area contributed by atoms with Gasteiger partial charge in [0.05, 0.1) is 7.11 Å². The summed E-state index contributed by atoms with van der Waals surface area (Å²) in [4.78, 5) is 10.5. The standard InChI is InChI=1S/C16H18O3/c1-12(11-16(17)18)5-4-6-13(2)14-7-9-15(19-3)10-8-14/h4-11H,1-3H3,(H,17,18)/b5-4+,12-11+,13-6-. The van der Waals surface area contributed by atoms with E-state index in [9.17, 15) is 4.79 Å². The number of benzene rings is 1. The topological polar surface area (TPSA) is 46.5 Å². The minimum absolute atomic E-state index is 0.700. The first-order valence-corrected chi connectivity index (χ1v) is 5.93. The average Bonchev–Trinajstić information content (AvgIpc) is 2.37. The molecule has 0 fully saturated rings. The van der Waals surface area contributed by atoms with E-state index in [-0.39, 0.29) is 0 Å². The van der Waals surface area contributed by atoms with Crippen molar-refractivity contribution in [3.05, 3.63) is 59.7 Å². The van der Waals surface area contributed by atoms with Crippen molar-refractivity contribution in [3.8, 4) is 5.75 Å². The Morgan fingerprint density at radius 1 is 1.21 bits per heavy atom. The van der Waals surface area contributed by atoms with Gasteiger partial charge in [0, 0.05) is 6.08 Å². The summed E-state index contributed by atoms with van der Waals surface area (Å²) in [5.74, 6) is -0.106. The summed E-state index contributed by atoms with van der Waals surface area (Å²) in [5, 5.41) is 8.58. The van der Waals surface area contributed by atoms with Crippen LogP contribution in [0, 0.1) is 0 Å². The maximum absolute atomic E-state index is 10.5. The van der Waals surface area contributed by atoms with Crippen LogP contribution in [0.3, 0.4) is 0 Å². The summed E-state index contributed by atoms with van der Waals surface area (Å²) < 4.78 is 5.10. The molecule has 0 saturated heterocycles. The Labute approximate surface area is 113 Å². The largest absolute Gasteiger partial charge is 0.497 e. The number of aliphatic carboxylic acids is 1. The molecular weight excluding hydrogens is 240 g/mol. The van der Waals surface area contributed by atoms with Gasteiger partial charge < -0.3 is 9.84 Å². The molecule has 3 heteroatoms. The third-order valence-corrected chi connectivity index (χ3v) is 2.60. The van der Waals surface area contributed by atoms with Crippen LogP contribution in [0.25, 0.3) is 5.57 Å². The zero-order chi connectivity index (χ0) is 14.3. The number of carboxylic acids is 1. The number of hydrogen-bond acceptors (Lipinski definition) is 2. The van der Waals surface area contributed by atoms with Crippen molar-refractivity contribution in [2.24, 2.45) is 0 Å². The number of carboxylic acid groups (broad SMARTS) is 1. The van der Waals surface area contributed by atoms with E-state index >= 15 is 0 Å². The molecule has 0 spiro atoms. The van der Waals surface area contributed by atoms with Crippen LogP contribution in [0.5, 0.6) is 5.75 Å². The molecule has 19 heavy (non-hydrogen) atoms. The van der Waals surface area contributed by atoms with Crippen LogP contribution in [0.4, 0.5) is 0 Å². The fourth-order valence-corrected chi connectivity index (χ4v) is 1.54. The van der Waals surface area contributed by atoms with Crippen molar-refractivity contribution in [1.82, 2.24) is 0 Å². The monoisotopic (exact) mass is 258 g/mol. The lowest BCUT2D eigenvalue weighted by atomic mass is 10.1. The second kappa shape index (κ2) is 7.21. The zero-order valence-electron chi connectivity index (χ0n) is 11.4. The van der Waals surface area contributed by atoms with Crippen molar-refractivity contribution < 1.29 is 14.6 Å². The number of rotatable bonds is 5. The van der Waals surface area contributed by atoms with Crippen molar-refractivity contribution in [3.63, 3.8) is 0 Å². The molecule has 0 aliphatic heterocycles. The molecule has 0 amide bonds. The average molecular weight is 258 g/mol. The van der Waals surface area contributed by atoms with Crippen molar-refractivity contribution >= 4 is 11.5 Å². The van der Waals surface area contributed by atoms with Gasteiger partial charge in [0.2, 0.25) is 0 Å². The van der Waals surface area contributed by atoms with Crippen LogP contribution in [0.2, 0.25) is 0 Å². The van der Waals surface area contributed by atoms with Gasteiger partial charge in [-0.15, -0.1) is 0 Å². The van der Waals surface area contributed by atoms with E-state index in [4.69, 9.17) is 9.84 Å². The summed E-state index contributed by atoms with van der Waals surface area (Å²) in [5.41, 5.74) is 2.90. The molecular formula is C16H18O3. The van der Waals surface area contributed by atoms with Crippen molar-refractivity contribution in [2.75, 3.05) is 7.11 Å². The Morgan fingerprint density at radius 2 is 1.84 bits per heavy atom. The minimum atomic E-state index is -0.932. The number of allylic oxidation sites excluding steroid dienone is 5. The molecule has 0 saturated carbocycles. The predicted octanol–water partition coefficient (Wildman–Crippen LogP) is 3.69. The van der Waals surface area contributed by atoms with Gasteiger partial charge in [-0.1, -0.05) is 30.4 Å². The summed E-state index contributed by atoms with van der Waals surface area (Å²) in [6.45, 7) is 3.75. The predicted molar refractivity (Wildman–Crippen MR) is 77.2 cm³/mol. The fraction of sp³-hybridized carbons (Fsp3) is 0.188. The first kappa shape index (κ1) is 14.8. The van der Waals surface area contributed by atoms with E-state index in [1.165, 1.54) is 6.08 Å². The third kappa shape index (κ3) is 5.25. The van der Waals surface area contributed by atoms with Gasteiger partial charge in [0.25, 0.3) is 0 Å². The van der Waals surface area contributed by atoms with Gasteiger partial charge in [-0.2, -0.15) is 0 Å². The normalized spacial score (nSPS) is 12.8. The molecule has 0 bridgehead atoms. The molecule has 0 heterocycles. The molecule has 100 valence electrons. The van der Waals surface area contributed by atoms with Crippen LogP contribution in [-0.2, 0) is 4.79 Å². The first-order chi connectivity index (χ1) is 9.02. The van der Waals surface area contributed by atoms with E-state index in [1.54, 1.807) is 20.1 Å². The maximum Gasteiger partial charge on any atom is 0.328 e. The van der Waals surface area contributed by atoms with E-state index < -0.39 is 5.97 Å². The molecule has 0 aromatic heterocycles. The van der Waals surface area contributed by atoms with Gasteiger partial charge in [-0.05, 0) is 42.7 Å². The van der Waals surface area contributed by atoms with Gasteiger partial charge in [-0.25, -0.2) is 4.79 Å². The van der Waals surface area contributed by atoms with Gasteiger partial charge in [0.15, 0.2) is 0 Å². The molecule has 3 nitrogen and oxygen atoms in total. The van der Waals surface area contributed by atoms with E-state index in [0.717, 1.165) is 16.9 Å². The van der Waals surface area contributed by atoms with Crippen LogP contribution in [0.1, 0.15) is 19.4 Å². The maximum atomic E-state index is 10.5. The molecule has 0 radical (unpaired) electrons. The SMILES string of the molecule is COc1ccc(\C(C)=C/C=C/C(C)=C/C(=O)O)cc1. The lowest BCUT2D eigenvalue weighted by Crippen LogP contribution is -1.87. The highest BCUT2D eigenvalue weighted by molar-refractivity contribution is 5.81. The molecule has 1 aromatic rings. The lowest BCUT2D eigenvalue weighted by molar-refractivity contribution is -0.131. The van der Waals surface area contributed by atoms with Gasteiger partial charge in [0.1, 0.15) is 5.75 Å². The Kier molecular flexibility index (Phi) is 5.61. The quantitative estimate of drug-likeness (QED) is 0.647. The molecule has 0 atom stereocenters. The summed E-state index contributed by atoms with van der Waals surface area (Å²) in [6, 6.07) is 7.79. The number of carbonyl (C=O) groups is 1. The smallest absolute Gasteiger partial charge is 0.328 e. The molecule has 0 unspecified atom stereocenters. The van der Waals surface area contributed by atoms with E-state index in [1.807, 2.05) is 43.3 Å². The number of methoxy groups -OCH3 is 1.